The number of carboxylic acid groups (broad SMARTS) is 1. The normalized spacial score (nSPS) is 9.47. The third-order valence-electron chi connectivity index (χ3n) is 2.10. The van der Waals surface area contributed by atoms with E-state index in [2.05, 4.69) is 16.9 Å². The lowest BCUT2D eigenvalue weighted by Gasteiger charge is -1.94. The molecule has 0 atom stereocenters. The summed E-state index contributed by atoms with van der Waals surface area (Å²) in [7, 11) is 1.66. The van der Waals surface area contributed by atoms with Crippen molar-refractivity contribution in [3.05, 3.63) is 17.5 Å². The Balaban J connectivity index is 2.68. The first-order chi connectivity index (χ1) is 8.02. The molecule has 90 valence electrons. The molecule has 0 bridgehead atoms. The number of primary amides is 1. The Kier molecular flexibility index (Phi) is 4.29. The monoisotopic (exact) mass is 235 g/mol. The molecule has 1 aromatic heterocycles. The highest BCUT2D eigenvalue weighted by molar-refractivity contribution is 5.94. The molecule has 17 heavy (non-hydrogen) atoms. The van der Waals surface area contributed by atoms with Gasteiger partial charge in [0, 0.05) is 19.9 Å². The number of hydrogen-bond acceptors (Lipinski definition) is 3. The van der Waals surface area contributed by atoms with E-state index in [4.69, 9.17) is 10.8 Å². The zero-order valence-corrected chi connectivity index (χ0v) is 9.43. The van der Waals surface area contributed by atoms with Crippen molar-refractivity contribution in [3.63, 3.8) is 0 Å². The Morgan fingerprint density at radius 3 is 2.88 bits per heavy atom. The fourth-order valence-corrected chi connectivity index (χ4v) is 1.24. The lowest BCUT2D eigenvalue weighted by Crippen LogP contribution is -2.12. The number of rotatable bonds is 4. The predicted octanol–water partition coefficient (Wildman–Crippen LogP) is 0.125. The highest BCUT2D eigenvalue weighted by atomic mass is 16.4. The standard InChI is InChI=1S/C11H13N3O3/c1-14-9(8(7-13-14)11(12)17)5-3-2-4-6-10(15)16/h7H,2,4,6H2,1H3,(H2,12,17)(H,15,16). The van der Waals surface area contributed by atoms with Crippen LogP contribution in [0.5, 0.6) is 0 Å². The van der Waals surface area contributed by atoms with Crippen LogP contribution in [0, 0.1) is 11.8 Å². The number of amides is 1. The molecule has 0 aromatic carbocycles. The molecule has 0 aliphatic carbocycles. The fraction of sp³-hybridized carbons (Fsp3) is 0.364. The number of aliphatic carboxylic acids is 1. The zero-order chi connectivity index (χ0) is 12.8. The molecule has 1 rings (SSSR count). The van der Waals surface area contributed by atoms with Crippen molar-refractivity contribution in [1.29, 1.82) is 0 Å². The molecular formula is C11H13N3O3. The van der Waals surface area contributed by atoms with Crippen molar-refractivity contribution in [1.82, 2.24) is 9.78 Å². The SMILES string of the molecule is Cn1ncc(C(N)=O)c1C#CCCCC(=O)O. The summed E-state index contributed by atoms with van der Waals surface area (Å²) in [4.78, 5) is 21.3. The Morgan fingerprint density at radius 2 is 2.29 bits per heavy atom. The molecule has 0 spiro atoms. The van der Waals surface area contributed by atoms with E-state index in [0.29, 0.717) is 18.5 Å². The van der Waals surface area contributed by atoms with Crippen LogP contribution in [0.25, 0.3) is 0 Å². The molecule has 0 fully saturated rings. The molecule has 3 N–H and O–H groups in total. The average Bonchev–Trinajstić information content (AvgIpc) is 2.59. The number of hydrogen-bond donors (Lipinski definition) is 2. The van der Waals surface area contributed by atoms with Gasteiger partial charge in [0.1, 0.15) is 5.69 Å². The number of carbonyl (C=O) groups is 2. The summed E-state index contributed by atoms with van der Waals surface area (Å²) < 4.78 is 1.46. The van der Waals surface area contributed by atoms with Crippen molar-refractivity contribution < 1.29 is 14.7 Å². The summed E-state index contributed by atoms with van der Waals surface area (Å²) in [6.45, 7) is 0. The quantitative estimate of drug-likeness (QED) is 0.572. The van der Waals surface area contributed by atoms with E-state index in [9.17, 15) is 9.59 Å². The number of carbonyl (C=O) groups excluding carboxylic acids is 1. The number of aryl methyl sites for hydroxylation is 1. The Morgan fingerprint density at radius 1 is 1.59 bits per heavy atom. The van der Waals surface area contributed by atoms with Gasteiger partial charge in [0.2, 0.25) is 0 Å². The number of nitrogens with zero attached hydrogens (tertiary/aromatic N) is 2. The van der Waals surface area contributed by atoms with Gasteiger partial charge in [-0.05, 0) is 12.3 Å². The van der Waals surface area contributed by atoms with E-state index in [0.717, 1.165) is 0 Å². The van der Waals surface area contributed by atoms with Gasteiger partial charge in [0.25, 0.3) is 5.91 Å². The van der Waals surface area contributed by atoms with Crippen molar-refractivity contribution in [2.75, 3.05) is 0 Å². The third kappa shape index (κ3) is 3.65. The van der Waals surface area contributed by atoms with Crippen molar-refractivity contribution in [2.45, 2.75) is 19.3 Å². The molecule has 6 heteroatoms. The van der Waals surface area contributed by atoms with Crippen LogP contribution in [-0.2, 0) is 11.8 Å². The third-order valence-corrected chi connectivity index (χ3v) is 2.10. The summed E-state index contributed by atoms with van der Waals surface area (Å²) in [6, 6.07) is 0. The summed E-state index contributed by atoms with van der Waals surface area (Å²) in [6.07, 6.45) is 2.38. The maximum absolute atomic E-state index is 11.0. The van der Waals surface area contributed by atoms with Crippen LogP contribution >= 0.6 is 0 Å². The van der Waals surface area contributed by atoms with Crippen LogP contribution in [0.4, 0.5) is 0 Å². The lowest BCUT2D eigenvalue weighted by molar-refractivity contribution is -0.137. The molecule has 0 saturated heterocycles. The van der Waals surface area contributed by atoms with Crippen molar-refractivity contribution >= 4 is 11.9 Å². The average molecular weight is 235 g/mol. The minimum atomic E-state index is -0.842. The second-order valence-corrected chi connectivity index (χ2v) is 3.44. The van der Waals surface area contributed by atoms with Gasteiger partial charge in [-0.3, -0.25) is 14.3 Å². The summed E-state index contributed by atoms with van der Waals surface area (Å²) in [5.41, 5.74) is 5.89. The largest absolute Gasteiger partial charge is 0.481 e. The predicted molar refractivity (Wildman–Crippen MR) is 60.1 cm³/mol. The molecule has 1 amide bonds. The first-order valence-electron chi connectivity index (χ1n) is 5.05. The Labute approximate surface area is 98.4 Å². The smallest absolute Gasteiger partial charge is 0.303 e. The Hall–Kier alpha value is -2.29. The molecule has 1 heterocycles. The van der Waals surface area contributed by atoms with E-state index in [-0.39, 0.29) is 12.0 Å². The second-order valence-electron chi connectivity index (χ2n) is 3.44. The molecule has 0 aliphatic rings. The number of nitrogens with two attached hydrogens (primary N) is 1. The summed E-state index contributed by atoms with van der Waals surface area (Å²) >= 11 is 0. The molecule has 0 radical (unpaired) electrons. The molecule has 0 aliphatic heterocycles. The van der Waals surface area contributed by atoms with E-state index >= 15 is 0 Å². The highest BCUT2D eigenvalue weighted by Gasteiger charge is 2.10. The summed E-state index contributed by atoms with van der Waals surface area (Å²) in [5.74, 6) is 4.15. The van der Waals surface area contributed by atoms with E-state index in [1.54, 1.807) is 7.05 Å². The van der Waals surface area contributed by atoms with Gasteiger partial charge in [-0.1, -0.05) is 5.92 Å². The van der Waals surface area contributed by atoms with Crippen LogP contribution in [0.15, 0.2) is 6.20 Å². The van der Waals surface area contributed by atoms with Crippen molar-refractivity contribution in [3.8, 4) is 11.8 Å². The van der Waals surface area contributed by atoms with Gasteiger partial charge in [-0.25, -0.2) is 0 Å². The minimum Gasteiger partial charge on any atom is -0.481 e. The number of carboxylic acids is 1. The fourth-order valence-electron chi connectivity index (χ4n) is 1.24. The van der Waals surface area contributed by atoms with Crippen LogP contribution in [0.3, 0.4) is 0 Å². The van der Waals surface area contributed by atoms with Gasteiger partial charge in [-0.2, -0.15) is 5.10 Å². The van der Waals surface area contributed by atoms with Gasteiger partial charge in [-0.15, -0.1) is 0 Å². The van der Waals surface area contributed by atoms with Crippen LogP contribution in [0.2, 0.25) is 0 Å². The highest BCUT2D eigenvalue weighted by Crippen LogP contribution is 2.05. The molecule has 1 aromatic rings. The van der Waals surface area contributed by atoms with Crippen molar-refractivity contribution in [2.24, 2.45) is 12.8 Å². The molecular weight excluding hydrogens is 222 g/mol. The van der Waals surface area contributed by atoms with Gasteiger partial charge in [0.05, 0.1) is 11.8 Å². The van der Waals surface area contributed by atoms with E-state index in [1.165, 1.54) is 10.9 Å². The van der Waals surface area contributed by atoms with E-state index in [1.807, 2.05) is 0 Å². The molecule has 0 unspecified atom stereocenters. The van der Waals surface area contributed by atoms with Gasteiger partial charge in [0.15, 0.2) is 0 Å². The second kappa shape index (κ2) is 5.70. The maximum atomic E-state index is 11.0. The number of unbranched alkanes of at least 4 members (excludes halogenated alkanes) is 1. The first-order valence-corrected chi connectivity index (χ1v) is 5.05. The maximum Gasteiger partial charge on any atom is 0.303 e. The molecule has 0 saturated carbocycles. The van der Waals surface area contributed by atoms with Crippen LogP contribution < -0.4 is 5.73 Å². The first kappa shape index (κ1) is 12.8. The minimum absolute atomic E-state index is 0.0861. The Bertz CT molecular complexity index is 494. The molecule has 6 nitrogen and oxygen atoms in total. The van der Waals surface area contributed by atoms with Crippen LogP contribution in [0.1, 0.15) is 35.3 Å². The van der Waals surface area contributed by atoms with Gasteiger partial charge >= 0.3 is 5.97 Å². The topological polar surface area (TPSA) is 98.2 Å². The number of aromatic nitrogens is 2. The van der Waals surface area contributed by atoms with Crippen LogP contribution in [-0.4, -0.2) is 26.8 Å². The lowest BCUT2D eigenvalue weighted by atomic mass is 10.2. The zero-order valence-electron chi connectivity index (χ0n) is 9.43. The van der Waals surface area contributed by atoms with E-state index < -0.39 is 11.9 Å². The summed E-state index contributed by atoms with van der Waals surface area (Å²) in [5, 5.41) is 12.3. The van der Waals surface area contributed by atoms with Gasteiger partial charge < -0.3 is 10.8 Å².